The van der Waals surface area contributed by atoms with Gasteiger partial charge in [-0.2, -0.15) is 0 Å². The molecular weight excluding hydrogens is 544 g/mol. The largest absolute Gasteiger partial charge is 0.456 e. The molecule has 44 heavy (non-hydrogen) atoms. The maximum Gasteiger partial charge on any atom is 0.227 e. The lowest BCUT2D eigenvalue weighted by Crippen LogP contribution is -2.00. The Morgan fingerprint density at radius 2 is 1.09 bits per heavy atom. The summed E-state index contributed by atoms with van der Waals surface area (Å²) in [6.07, 6.45) is 0. The van der Waals surface area contributed by atoms with Crippen molar-refractivity contribution in [2.24, 2.45) is 0 Å². The van der Waals surface area contributed by atoms with Crippen LogP contribution < -0.4 is 0 Å². The number of nitrogens with zero attached hydrogens (tertiary/aromatic N) is 4. The normalized spacial score (nSPS) is 11.6. The lowest BCUT2D eigenvalue weighted by molar-refractivity contribution is 0.620. The van der Waals surface area contributed by atoms with Gasteiger partial charge < -0.3 is 8.83 Å². The molecule has 0 N–H and O–H groups in total. The van der Waals surface area contributed by atoms with Gasteiger partial charge in [0.1, 0.15) is 16.7 Å². The highest BCUT2D eigenvalue weighted by Gasteiger charge is 2.19. The summed E-state index contributed by atoms with van der Waals surface area (Å²) in [5, 5.41) is 4.14. The maximum absolute atomic E-state index is 6.37. The standard InChI is InChI=1S/C38H22N4O2/c1-3-11-24(12-4-1)35-40-36(25-13-5-2-6-14-25)42-37(41-35)28-16-9-17-31-34(28)29-21-33-30(22-32(29)43-31)39-38(44-33)27-19-18-23-10-7-8-15-26(23)20-27/h1-22H. The third kappa shape index (κ3) is 4.04. The lowest BCUT2D eigenvalue weighted by Gasteiger charge is -2.09. The van der Waals surface area contributed by atoms with E-state index in [9.17, 15) is 0 Å². The van der Waals surface area contributed by atoms with Crippen LogP contribution >= 0.6 is 0 Å². The molecule has 0 fully saturated rings. The second kappa shape index (κ2) is 9.71. The molecule has 9 rings (SSSR count). The number of aromatic nitrogens is 4. The summed E-state index contributed by atoms with van der Waals surface area (Å²) >= 11 is 0. The van der Waals surface area contributed by atoms with Crippen molar-refractivity contribution >= 4 is 43.8 Å². The number of furan rings is 1. The van der Waals surface area contributed by atoms with Gasteiger partial charge in [0.25, 0.3) is 0 Å². The molecule has 0 atom stereocenters. The summed E-state index contributed by atoms with van der Waals surface area (Å²) in [6.45, 7) is 0. The highest BCUT2D eigenvalue weighted by atomic mass is 16.4. The number of hydrogen-bond acceptors (Lipinski definition) is 6. The van der Waals surface area contributed by atoms with Crippen molar-refractivity contribution in [2.75, 3.05) is 0 Å². The molecule has 0 bridgehead atoms. The van der Waals surface area contributed by atoms with Crippen LogP contribution in [0.3, 0.4) is 0 Å². The van der Waals surface area contributed by atoms with Crippen LogP contribution in [0, 0.1) is 0 Å². The minimum Gasteiger partial charge on any atom is -0.456 e. The van der Waals surface area contributed by atoms with Gasteiger partial charge in [0.2, 0.25) is 5.89 Å². The van der Waals surface area contributed by atoms with Crippen molar-refractivity contribution < 1.29 is 8.83 Å². The Morgan fingerprint density at radius 1 is 0.409 bits per heavy atom. The molecule has 0 aliphatic heterocycles. The van der Waals surface area contributed by atoms with Crippen LogP contribution in [0.4, 0.5) is 0 Å². The summed E-state index contributed by atoms with van der Waals surface area (Å²) in [5.41, 5.74) is 6.50. The fraction of sp³-hybridized carbons (Fsp3) is 0. The molecule has 206 valence electrons. The number of oxazole rings is 1. The van der Waals surface area contributed by atoms with Crippen LogP contribution in [0.15, 0.2) is 142 Å². The molecule has 6 heteroatoms. The Hall–Kier alpha value is -6.14. The molecule has 0 aliphatic rings. The zero-order valence-corrected chi connectivity index (χ0v) is 23.3. The van der Waals surface area contributed by atoms with E-state index in [1.807, 2.05) is 109 Å². The van der Waals surface area contributed by atoms with Crippen LogP contribution in [-0.2, 0) is 0 Å². The first-order valence-electron chi connectivity index (χ1n) is 14.4. The number of benzene rings is 6. The van der Waals surface area contributed by atoms with Gasteiger partial charge in [-0.05, 0) is 35.0 Å². The number of fused-ring (bicyclic) bond motifs is 5. The van der Waals surface area contributed by atoms with E-state index in [4.69, 9.17) is 28.8 Å². The second-order valence-corrected chi connectivity index (χ2v) is 10.7. The number of rotatable bonds is 4. The molecule has 0 spiro atoms. The minimum absolute atomic E-state index is 0.570. The lowest BCUT2D eigenvalue weighted by atomic mass is 10.0. The molecule has 0 aliphatic carbocycles. The van der Waals surface area contributed by atoms with Gasteiger partial charge in [-0.1, -0.05) is 103 Å². The van der Waals surface area contributed by atoms with E-state index in [1.165, 1.54) is 5.39 Å². The SMILES string of the molecule is c1ccc(-c2nc(-c3ccccc3)nc(-c3cccc4oc5cc6nc(-c7ccc8ccccc8c7)oc6cc5c34)n2)cc1. The Bertz CT molecular complexity index is 2440. The van der Waals surface area contributed by atoms with E-state index >= 15 is 0 Å². The van der Waals surface area contributed by atoms with Gasteiger partial charge in [0, 0.05) is 39.1 Å². The van der Waals surface area contributed by atoms with Gasteiger partial charge in [0.05, 0.1) is 0 Å². The van der Waals surface area contributed by atoms with Crippen molar-refractivity contribution in [3.63, 3.8) is 0 Å². The first-order valence-corrected chi connectivity index (χ1v) is 14.4. The summed E-state index contributed by atoms with van der Waals surface area (Å²) < 4.78 is 12.7. The van der Waals surface area contributed by atoms with Crippen molar-refractivity contribution in [1.82, 2.24) is 19.9 Å². The van der Waals surface area contributed by atoms with Crippen LogP contribution in [-0.4, -0.2) is 19.9 Å². The fourth-order valence-corrected chi connectivity index (χ4v) is 5.81. The van der Waals surface area contributed by atoms with Crippen LogP contribution in [0.1, 0.15) is 0 Å². The van der Waals surface area contributed by atoms with Crippen molar-refractivity contribution in [2.45, 2.75) is 0 Å². The van der Waals surface area contributed by atoms with Crippen molar-refractivity contribution in [1.29, 1.82) is 0 Å². The van der Waals surface area contributed by atoms with Gasteiger partial charge in [0.15, 0.2) is 23.1 Å². The van der Waals surface area contributed by atoms with E-state index < -0.39 is 0 Å². The van der Waals surface area contributed by atoms with E-state index in [0.717, 1.165) is 55.1 Å². The molecule has 9 aromatic rings. The average Bonchev–Trinajstić information content (AvgIpc) is 3.68. The Balaban J connectivity index is 1.24. The average molecular weight is 567 g/mol. The van der Waals surface area contributed by atoms with Crippen LogP contribution in [0.5, 0.6) is 0 Å². The Morgan fingerprint density at radius 3 is 1.84 bits per heavy atom. The highest BCUT2D eigenvalue weighted by molar-refractivity contribution is 6.14. The Labute approximate surface area is 251 Å². The molecule has 6 aromatic carbocycles. The second-order valence-electron chi connectivity index (χ2n) is 10.7. The zero-order chi connectivity index (χ0) is 29.0. The quantitative estimate of drug-likeness (QED) is 0.211. The van der Waals surface area contributed by atoms with Crippen molar-refractivity contribution in [3.8, 4) is 45.6 Å². The first kappa shape index (κ1) is 24.5. The van der Waals surface area contributed by atoms with Gasteiger partial charge >= 0.3 is 0 Å². The molecule has 0 saturated heterocycles. The van der Waals surface area contributed by atoms with Crippen LogP contribution in [0.2, 0.25) is 0 Å². The van der Waals surface area contributed by atoms with E-state index in [1.54, 1.807) is 0 Å². The predicted octanol–water partition coefficient (Wildman–Crippen LogP) is 9.73. The zero-order valence-electron chi connectivity index (χ0n) is 23.3. The highest BCUT2D eigenvalue weighted by Crippen LogP contribution is 2.39. The molecule has 3 aromatic heterocycles. The molecule has 6 nitrogen and oxygen atoms in total. The number of hydrogen-bond donors (Lipinski definition) is 0. The fourth-order valence-electron chi connectivity index (χ4n) is 5.81. The first-order chi connectivity index (χ1) is 21.8. The van der Waals surface area contributed by atoms with E-state index in [-0.39, 0.29) is 0 Å². The topological polar surface area (TPSA) is 77.8 Å². The minimum atomic E-state index is 0.570. The van der Waals surface area contributed by atoms with E-state index in [2.05, 4.69) is 24.3 Å². The molecule has 3 heterocycles. The third-order valence-corrected chi connectivity index (χ3v) is 7.94. The van der Waals surface area contributed by atoms with E-state index in [0.29, 0.717) is 28.9 Å². The summed E-state index contributed by atoms with van der Waals surface area (Å²) in [5.74, 6) is 2.36. The monoisotopic (exact) mass is 566 g/mol. The predicted molar refractivity (Wildman–Crippen MR) is 174 cm³/mol. The molecular formula is C38H22N4O2. The third-order valence-electron chi connectivity index (χ3n) is 7.94. The summed E-state index contributed by atoms with van der Waals surface area (Å²) in [7, 11) is 0. The molecule has 0 unspecified atom stereocenters. The van der Waals surface area contributed by atoms with Gasteiger partial charge in [-0.3, -0.25) is 0 Å². The van der Waals surface area contributed by atoms with Gasteiger partial charge in [-0.25, -0.2) is 19.9 Å². The van der Waals surface area contributed by atoms with Crippen molar-refractivity contribution in [3.05, 3.63) is 133 Å². The molecule has 0 saturated carbocycles. The summed E-state index contributed by atoms with van der Waals surface area (Å²) in [6, 6.07) is 44.4. The smallest absolute Gasteiger partial charge is 0.227 e. The summed E-state index contributed by atoms with van der Waals surface area (Å²) in [4.78, 5) is 19.6. The maximum atomic E-state index is 6.37. The molecule has 0 radical (unpaired) electrons. The van der Waals surface area contributed by atoms with Gasteiger partial charge in [-0.15, -0.1) is 0 Å². The Kier molecular flexibility index (Phi) is 5.40. The molecule has 0 amide bonds. The van der Waals surface area contributed by atoms with Crippen LogP contribution in [0.25, 0.3) is 89.4 Å².